The molecule has 0 saturated carbocycles. The van der Waals surface area contributed by atoms with Crippen molar-refractivity contribution >= 4 is 35.0 Å². The molecular weight excluding hydrogens is 325 g/mol. The Hall–Kier alpha value is -0.870. The number of methoxy groups -OCH3 is 1. The molecule has 112 valence electrons. The van der Waals surface area contributed by atoms with Crippen LogP contribution >= 0.6 is 35.0 Å². The van der Waals surface area contributed by atoms with Crippen LogP contribution in [0.1, 0.15) is 17.7 Å². The summed E-state index contributed by atoms with van der Waals surface area (Å²) in [4.78, 5) is 0.914. The van der Waals surface area contributed by atoms with E-state index in [1.165, 1.54) is 0 Å². The van der Waals surface area contributed by atoms with Gasteiger partial charge in [0.15, 0.2) is 0 Å². The fourth-order valence-electron chi connectivity index (χ4n) is 2.06. The van der Waals surface area contributed by atoms with Gasteiger partial charge in [-0.2, -0.15) is 0 Å². The van der Waals surface area contributed by atoms with Crippen LogP contribution in [0.3, 0.4) is 0 Å². The predicted molar refractivity (Wildman–Crippen MR) is 91.7 cm³/mol. The number of hydrogen-bond acceptors (Lipinski definition) is 3. The Balaban J connectivity index is 2.38. The number of para-hydroxylation sites is 1. The number of halogens is 2. The molecule has 0 aliphatic rings. The molecule has 0 amide bonds. The molecule has 2 unspecified atom stereocenters. The van der Waals surface area contributed by atoms with Crippen molar-refractivity contribution in [2.24, 2.45) is 5.73 Å². The van der Waals surface area contributed by atoms with Crippen LogP contribution in [-0.2, 0) is 0 Å². The summed E-state index contributed by atoms with van der Waals surface area (Å²) in [6.07, 6.45) is 0. The third kappa shape index (κ3) is 4.07. The highest BCUT2D eigenvalue weighted by atomic mass is 35.5. The zero-order chi connectivity index (χ0) is 15.4. The number of hydrogen-bond donors (Lipinski definition) is 1. The van der Waals surface area contributed by atoms with E-state index in [-0.39, 0.29) is 11.3 Å². The van der Waals surface area contributed by atoms with E-state index in [2.05, 4.69) is 0 Å². The van der Waals surface area contributed by atoms with Gasteiger partial charge in [0.2, 0.25) is 0 Å². The van der Waals surface area contributed by atoms with Crippen molar-refractivity contribution in [2.45, 2.75) is 23.1 Å². The normalized spacial score (nSPS) is 13.8. The molecule has 0 heterocycles. The Morgan fingerprint density at radius 1 is 1.14 bits per heavy atom. The monoisotopic (exact) mass is 341 g/mol. The van der Waals surface area contributed by atoms with Crippen LogP contribution in [0.2, 0.25) is 10.0 Å². The Morgan fingerprint density at radius 3 is 2.52 bits per heavy atom. The van der Waals surface area contributed by atoms with Crippen LogP contribution in [-0.4, -0.2) is 13.2 Å². The third-order valence-corrected chi connectivity index (χ3v) is 5.28. The van der Waals surface area contributed by atoms with E-state index < -0.39 is 0 Å². The van der Waals surface area contributed by atoms with Crippen molar-refractivity contribution < 1.29 is 4.74 Å². The first-order valence-electron chi connectivity index (χ1n) is 6.53. The van der Waals surface area contributed by atoms with E-state index >= 15 is 0 Å². The standard InChI is InChI=1S/C16H17Cl2NOS/c1-10(19)16(12-5-3-4-6-14(12)20-2)21-15-9-11(17)7-8-13(15)18/h3-10,16H,19H2,1-2H3. The molecular formula is C16H17Cl2NOS. The summed E-state index contributed by atoms with van der Waals surface area (Å²) in [5, 5.41) is 1.35. The molecule has 2 rings (SSSR count). The van der Waals surface area contributed by atoms with Gasteiger partial charge in [0, 0.05) is 21.5 Å². The third-order valence-electron chi connectivity index (χ3n) is 3.07. The molecule has 2 atom stereocenters. The first-order valence-corrected chi connectivity index (χ1v) is 8.16. The lowest BCUT2D eigenvalue weighted by molar-refractivity contribution is 0.408. The minimum atomic E-state index is -0.0682. The molecule has 2 aromatic rings. The predicted octanol–water partition coefficient (Wildman–Crippen LogP) is 5.18. The average molecular weight is 342 g/mol. The fourth-order valence-corrected chi connectivity index (χ4v) is 3.73. The molecule has 5 heteroatoms. The maximum Gasteiger partial charge on any atom is 0.123 e. The molecule has 0 aliphatic carbocycles. The number of ether oxygens (including phenoxy) is 1. The summed E-state index contributed by atoms with van der Waals surface area (Å²) in [6, 6.07) is 13.2. The molecule has 2 N–H and O–H groups in total. The second kappa shape index (κ2) is 7.41. The maximum absolute atomic E-state index is 6.25. The van der Waals surface area contributed by atoms with Gasteiger partial charge in [0.05, 0.1) is 17.4 Å². The topological polar surface area (TPSA) is 35.2 Å². The minimum absolute atomic E-state index is 0.0251. The largest absolute Gasteiger partial charge is 0.496 e. The molecule has 2 aromatic carbocycles. The lowest BCUT2D eigenvalue weighted by Gasteiger charge is -2.23. The molecule has 0 spiro atoms. The second-order valence-electron chi connectivity index (χ2n) is 4.71. The zero-order valence-corrected chi connectivity index (χ0v) is 14.2. The van der Waals surface area contributed by atoms with Gasteiger partial charge in [0.1, 0.15) is 5.75 Å². The van der Waals surface area contributed by atoms with E-state index in [1.807, 2.05) is 37.3 Å². The first kappa shape index (κ1) is 16.5. The molecule has 21 heavy (non-hydrogen) atoms. The highest BCUT2D eigenvalue weighted by Crippen LogP contribution is 2.43. The van der Waals surface area contributed by atoms with Crippen LogP contribution in [0, 0.1) is 0 Å². The highest BCUT2D eigenvalue weighted by Gasteiger charge is 2.22. The smallest absolute Gasteiger partial charge is 0.123 e. The molecule has 0 aliphatic heterocycles. The van der Waals surface area contributed by atoms with E-state index in [4.69, 9.17) is 33.7 Å². The van der Waals surface area contributed by atoms with Gasteiger partial charge in [-0.3, -0.25) is 0 Å². The van der Waals surface area contributed by atoms with Crippen LogP contribution in [0.5, 0.6) is 5.75 Å². The van der Waals surface area contributed by atoms with E-state index in [1.54, 1.807) is 31.0 Å². The Morgan fingerprint density at radius 2 is 1.86 bits per heavy atom. The fraction of sp³-hybridized carbons (Fsp3) is 0.250. The van der Waals surface area contributed by atoms with Crippen molar-refractivity contribution in [1.82, 2.24) is 0 Å². The van der Waals surface area contributed by atoms with Gasteiger partial charge >= 0.3 is 0 Å². The molecule has 0 saturated heterocycles. The van der Waals surface area contributed by atoms with E-state index in [0.717, 1.165) is 16.2 Å². The first-order chi connectivity index (χ1) is 10.0. The summed E-state index contributed by atoms with van der Waals surface area (Å²) in [6.45, 7) is 1.97. The van der Waals surface area contributed by atoms with Crippen LogP contribution in [0.25, 0.3) is 0 Å². The minimum Gasteiger partial charge on any atom is -0.496 e. The molecule has 0 radical (unpaired) electrons. The van der Waals surface area contributed by atoms with Crippen molar-refractivity contribution in [1.29, 1.82) is 0 Å². The quantitative estimate of drug-likeness (QED) is 0.760. The summed E-state index contributed by atoms with van der Waals surface area (Å²) >= 11 is 13.9. The lowest BCUT2D eigenvalue weighted by atomic mass is 10.1. The Kier molecular flexibility index (Phi) is 5.82. The zero-order valence-electron chi connectivity index (χ0n) is 11.8. The van der Waals surface area contributed by atoms with Crippen molar-refractivity contribution in [3.8, 4) is 5.75 Å². The average Bonchev–Trinajstić information content (AvgIpc) is 2.47. The number of rotatable bonds is 5. The lowest BCUT2D eigenvalue weighted by Crippen LogP contribution is -2.23. The number of thioether (sulfide) groups is 1. The van der Waals surface area contributed by atoms with Gasteiger partial charge in [-0.05, 0) is 31.2 Å². The van der Waals surface area contributed by atoms with Crippen LogP contribution in [0.15, 0.2) is 47.4 Å². The van der Waals surface area contributed by atoms with Gasteiger partial charge < -0.3 is 10.5 Å². The van der Waals surface area contributed by atoms with Crippen molar-refractivity contribution in [3.05, 3.63) is 58.1 Å². The molecule has 0 fully saturated rings. The summed E-state index contributed by atoms with van der Waals surface area (Å²) in [5.41, 5.74) is 7.23. The molecule has 0 bridgehead atoms. The molecule has 2 nitrogen and oxygen atoms in total. The van der Waals surface area contributed by atoms with Gasteiger partial charge in [0.25, 0.3) is 0 Å². The number of benzene rings is 2. The van der Waals surface area contributed by atoms with E-state index in [0.29, 0.717) is 10.0 Å². The van der Waals surface area contributed by atoms with Crippen LogP contribution in [0.4, 0.5) is 0 Å². The molecule has 0 aromatic heterocycles. The van der Waals surface area contributed by atoms with Gasteiger partial charge in [-0.1, -0.05) is 41.4 Å². The summed E-state index contributed by atoms with van der Waals surface area (Å²) in [7, 11) is 1.66. The SMILES string of the molecule is COc1ccccc1C(Sc1cc(Cl)ccc1Cl)C(C)N. The summed E-state index contributed by atoms with van der Waals surface area (Å²) in [5.74, 6) is 0.824. The van der Waals surface area contributed by atoms with Gasteiger partial charge in [-0.15, -0.1) is 11.8 Å². The Bertz CT molecular complexity index is 619. The summed E-state index contributed by atoms with van der Waals surface area (Å²) < 4.78 is 5.44. The Labute approximate surface area is 139 Å². The number of nitrogens with two attached hydrogens (primary N) is 1. The second-order valence-corrected chi connectivity index (χ2v) is 6.74. The highest BCUT2D eigenvalue weighted by molar-refractivity contribution is 7.99. The van der Waals surface area contributed by atoms with Crippen LogP contribution < -0.4 is 10.5 Å². The van der Waals surface area contributed by atoms with Crippen molar-refractivity contribution in [2.75, 3.05) is 7.11 Å². The van der Waals surface area contributed by atoms with Crippen molar-refractivity contribution in [3.63, 3.8) is 0 Å². The maximum atomic E-state index is 6.25. The van der Waals surface area contributed by atoms with E-state index in [9.17, 15) is 0 Å². The van der Waals surface area contributed by atoms with Gasteiger partial charge in [-0.25, -0.2) is 0 Å².